The first kappa shape index (κ1) is 18.9. The quantitative estimate of drug-likeness (QED) is 0.864. The molecule has 0 spiro atoms. The molecule has 0 fully saturated rings. The van der Waals surface area contributed by atoms with Crippen LogP contribution in [-0.2, 0) is 15.0 Å². The molecule has 0 bridgehead atoms. The Morgan fingerprint density at radius 3 is 2.81 bits per heavy atom. The summed E-state index contributed by atoms with van der Waals surface area (Å²) in [6.07, 6.45) is 3.06. The number of nitrogens with one attached hydrogen (secondary N) is 1. The zero-order valence-electron chi connectivity index (χ0n) is 16.1. The minimum absolute atomic E-state index is 0.0309. The number of benzene rings is 1. The Morgan fingerprint density at radius 1 is 1.37 bits per heavy atom. The van der Waals surface area contributed by atoms with E-state index in [1.807, 2.05) is 25.1 Å². The van der Waals surface area contributed by atoms with Crippen molar-refractivity contribution in [2.45, 2.75) is 39.2 Å². The minimum atomic E-state index is -0.232. The molecule has 2 heterocycles. The van der Waals surface area contributed by atoms with Gasteiger partial charge in [0, 0.05) is 6.54 Å². The van der Waals surface area contributed by atoms with E-state index < -0.39 is 0 Å². The molecule has 1 aromatic heterocycles. The van der Waals surface area contributed by atoms with Crippen LogP contribution in [0.1, 0.15) is 39.3 Å². The van der Waals surface area contributed by atoms with Crippen molar-refractivity contribution in [1.29, 1.82) is 0 Å². The van der Waals surface area contributed by atoms with E-state index >= 15 is 0 Å². The topological polar surface area (TPSA) is 89.4 Å². The molecule has 0 saturated heterocycles. The van der Waals surface area contributed by atoms with Gasteiger partial charge in [-0.2, -0.15) is 5.10 Å². The van der Waals surface area contributed by atoms with Gasteiger partial charge in [0.15, 0.2) is 6.61 Å². The van der Waals surface area contributed by atoms with Crippen molar-refractivity contribution in [1.82, 2.24) is 20.1 Å². The van der Waals surface area contributed by atoms with Crippen LogP contribution in [-0.4, -0.2) is 46.3 Å². The number of aromatic nitrogens is 3. The summed E-state index contributed by atoms with van der Waals surface area (Å²) >= 11 is 0. The molecule has 3 rings (SSSR count). The minimum Gasteiger partial charge on any atom is -0.482 e. The van der Waals surface area contributed by atoms with E-state index in [4.69, 9.17) is 4.74 Å². The van der Waals surface area contributed by atoms with E-state index in [9.17, 15) is 9.59 Å². The maximum Gasteiger partial charge on any atom is 0.265 e. The van der Waals surface area contributed by atoms with Crippen molar-refractivity contribution in [3.8, 4) is 5.75 Å². The van der Waals surface area contributed by atoms with Crippen molar-refractivity contribution >= 4 is 17.5 Å². The number of nitrogens with zero attached hydrogens (tertiary/aromatic N) is 4. The summed E-state index contributed by atoms with van der Waals surface area (Å²) in [4.78, 5) is 30.2. The van der Waals surface area contributed by atoms with Gasteiger partial charge in [-0.3, -0.25) is 14.5 Å². The van der Waals surface area contributed by atoms with Crippen LogP contribution in [0.15, 0.2) is 30.9 Å². The Hall–Kier alpha value is -2.90. The highest BCUT2D eigenvalue weighted by atomic mass is 16.5. The van der Waals surface area contributed by atoms with Crippen LogP contribution in [0.5, 0.6) is 5.75 Å². The average Bonchev–Trinajstić information content (AvgIpc) is 3.15. The molecular formula is C19H25N5O3. The van der Waals surface area contributed by atoms with E-state index in [1.165, 1.54) is 11.2 Å². The lowest BCUT2D eigenvalue weighted by atomic mass is 9.86. The fraction of sp³-hybridized carbons (Fsp3) is 0.474. The first-order valence-corrected chi connectivity index (χ1v) is 8.94. The first-order valence-electron chi connectivity index (χ1n) is 8.94. The van der Waals surface area contributed by atoms with Crippen LogP contribution < -0.4 is 15.0 Å². The second-order valence-electron chi connectivity index (χ2n) is 7.73. The molecule has 1 N–H and O–H groups in total. The molecule has 2 aromatic rings. The normalized spacial score (nSPS) is 15.1. The summed E-state index contributed by atoms with van der Waals surface area (Å²) in [6.45, 7) is 8.52. The number of fused-ring (bicyclic) bond motifs is 1. The SMILES string of the molecule is C[C@@H](CNC(=O)CN1C(=O)COc2ccc(C(C)(C)C)cc21)n1cncn1. The average molecular weight is 371 g/mol. The molecular weight excluding hydrogens is 346 g/mol. The second kappa shape index (κ2) is 7.38. The van der Waals surface area contributed by atoms with Crippen LogP contribution in [0, 0.1) is 0 Å². The summed E-state index contributed by atoms with van der Waals surface area (Å²) in [5.41, 5.74) is 1.64. The molecule has 0 aliphatic carbocycles. The maximum absolute atomic E-state index is 12.4. The van der Waals surface area contributed by atoms with E-state index in [0.717, 1.165) is 5.56 Å². The molecule has 8 nitrogen and oxygen atoms in total. The molecule has 0 radical (unpaired) electrons. The molecule has 0 unspecified atom stereocenters. The van der Waals surface area contributed by atoms with Crippen LogP contribution >= 0.6 is 0 Å². The number of anilines is 1. The predicted octanol–water partition coefficient (Wildman–Crippen LogP) is 1.68. The highest BCUT2D eigenvalue weighted by Crippen LogP contribution is 2.36. The molecule has 27 heavy (non-hydrogen) atoms. The highest BCUT2D eigenvalue weighted by Gasteiger charge is 2.29. The number of amides is 2. The van der Waals surface area contributed by atoms with Gasteiger partial charge >= 0.3 is 0 Å². The molecule has 144 valence electrons. The maximum atomic E-state index is 12.4. The van der Waals surface area contributed by atoms with Gasteiger partial charge in [-0.1, -0.05) is 26.8 Å². The summed E-state index contributed by atoms with van der Waals surface area (Å²) in [6, 6.07) is 5.75. The molecule has 1 aliphatic heterocycles. The Labute approximate surface area is 158 Å². The summed E-state index contributed by atoms with van der Waals surface area (Å²) in [5.74, 6) is 0.156. The zero-order chi connectivity index (χ0) is 19.6. The number of hydrogen-bond donors (Lipinski definition) is 1. The lowest BCUT2D eigenvalue weighted by Crippen LogP contribution is -2.46. The van der Waals surface area contributed by atoms with Crippen molar-refractivity contribution in [3.63, 3.8) is 0 Å². The number of carbonyl (C=O) groups excluding carboxylic acids is 2. The van der Waals surface area contributed by atoms with Crippen molar-refractivity contribution in [2.24, 2.45) is 0 Å². The van der Waals surface area contributed by atoms with Crippen molar-refractivity contribution in [2.75, 3.05) is 24.6 Å². The number of hydrogen-bond acceptors (Lipinski definition) is 5. The monoisotopic (exact) mass is 371 g/mol. The van der Waals surface area contributed by atoms with Crippen LogP contribution in [0.4, 0.5) is 5.69 Å². The van der Waals surface area contributed by atoms with E-state index in [-0.39, 0.29) is 36.4 Å². The zero-order valence-corrected chi connectivity index (χ0v) is 16.1. The molecule has 0 saturated carbocycles. The fourth-order valence-corrected chi connectivity index (χ4v) is 2.84. The highest BCUT2D eigenvalue weighted by molar-refractivity contribution is 6.02. The molecule has 8 heteroatoms. The third-order valence-electron chi connectivity index (χ3n) is 4.55. The van der Waals surface area contributed by atoms with Crippen LogP contribution in [0.25, 0.3) is 0 Å². The lowest BCUT2D eigenvalue weighted by molar-refractivity contribution is -0.125. The standard InChI is InChI=1S/C19H25N5O3/c1-13(24-12-20-11-22-24)8-21-17(25)9-23-15-7-14(19(2,3)4)5-6-16(15)27-10-18(23)26/h5-7,11-13H,8-10H2,1-4H3,(H,21,25)/t13-/m0/s1. The van der Waals surface area contributed by atoms with Crippen LogP contribution in [0.2, 0.25) is 0 Å². The molecule has 1 atom stereocenters. The Morgan fingerprint density at radius 2 is 2.15 bits per heavy atom. The Balaban J connectivity index is 1.71. The smallest absolute Gasteiger partial charge is 0.265 e. The molecule has 1 aliphatic rings. The predicted molar refractivity (Wildman–Crippen MR) is 101 cm³/mol. The first-order chi connectivity index (χ1) is 12.8. The summed E-state index contributed by atoms with van der Waals surface area (Å²) < 4.78 is 7.19. The van der Waals surface area contributed by atoms with Crippen LogP contribution in [0.3, 0.4) is 0 Å². The third kappa shape index (κ3) is 4.27. The van der Waals surface area contributed by atoms with Gasteiger partial charge in [-0.05, 0) is 30.0 Å². The largest absolute Gasteiger partial charge is 0.482 e. The van der Waals surface area contributed by atoms with Gasteiger partial charge < -0.3 is 10.1 Å². The fourth-order valence-electron chi connectivity index (χ4n) is 2.84. The number of ether oxygens (including phenoxy) is 1. The third-order valence-corrected chi connectivity index (χ3v) is 4.55. The van der Waals surface area contributed by atoms with Gasteiger partial charge in [0.1, 0.15) is 24.9 Å². The second-order valence-corrected chi connectivity index (χ2v) is 7.73. The molecule has 1 aromatic carbocycles. The number of carbonyl (C=O) groups is 2. The number of rotatable bonds is 5. The van der Waals surface area contributed by atoms with Gasteiger partial charge in [0.25, 0.3) is 5.91 Å². The van der Waals surface area contributed by atoms with Gasteiger partial charge in [0.05, 0.1) is 11.7 Å². The van der Waals surface area contributed by atoms with Crippen molar-refractivity contribution in [3.05, 3.63) is 36.4 Å². The van der Waals surface area contributed by atoms with Gasteiger partial charge in [0.2, 0.25) is 5.91 Å². The van der Waals surface area contributed by atoms with Crippen molar-refractivity contribution < 1.29 is 14.3 Å². The summed E-state index contributed by atoms with van der Waals surface area (Å²) in [7, 11) is 0. The van der Waals surface area contributed by atoms with Gasteiger partial charge in [-0.25, -0.2) is 9.67 Å². The van der Waals surface area contributed by atoms with E-state index in [2.05, 4.69) is 36.2 Å². The Kier molecular flexibility index (Phi) is 5.16. The summed E-state index contributed by atoms with van der Waals surface area (Å²) in [5, 5.41) is 6.91. The van der Waals surface area contributed by atoms with Gasteiger partial charge in [-0.15, -0.1) is 0 Å². The lowest BCUT2D eigenvalue weighted by Gasteiger charge is -2.31. The Bertz CT molecular complexity index is 826. The molecule has 2 amide bonds. The van der Waals surface area contributed by atoms with E-state index in [0.29, 0.717) is 18.0 Å². The van der Waals surface area contributed by atoms with E-state index in [1.54, 1.807) is 11.0 Å².